The van der Waals surface area contributed by atoms with Crippen LogP contribution in [0.15, 0.2) is 22.7 Å². The Morgan fingerprint density at radius 2 is 2.38 bits per heavy atom. The number of methoxy groups -OCH3 is 1. The van der Waals surface area contributed by atoms with Crippen molar-refractivity contribution in [1.82, 2.24) is 10.3 Å². The molecule has 2 heterocycles. The molecule has 110 valence electrons. The van der Waals surface area contributed by atoms with E-state index in [0.29, 0.717) is 16.4 Å². The number of aromatic nitrogens is 1. The van der Waals surface area contributed by atoms with Crippen molar-refractivity contribution in [3.8, 4) is 5.75 Å². The Balaban J connectivity index is 1.81. The van der Waals surface area contributed by atoms with Gasteiger partial charge in [0.1, 0.15) is 5.75 Å². The third-order valence-electron chi connectivity index (χ3n) is 3.24. The van der Waals surface area contributed by atoms with Gasteiger partial charge in [0.05, 0.1) is 18.4 Å². The minimum absolute atomic E-state index is 0.195. The van der Waals surface area contributed by atoms with Crippen LogP contribution in [0, 0.1) is 0 Å². The molecule has 0 bridgehead atoms. The SMILES string of the molecule is COc1ccc(Br)c(C(=O)Nc2nc3c(s2)CNCC3)c1. The summed E-state index contributed by atoms with van der Waals surface area (Å²) in [5.74, 6) is 0.450. The Bertz CT molecular complexity index is 663. The molecule has 1 aromatic heterocycles. The summed E-state index contributed by atoms with van der Waals surface area (Å²) in [6, 6.07) is 5.30. The fraction of sp³-hybridized carbons (Fsp3) is 0.286. The maximum atomic E-state index is 12.4. The number of halogens is 1. The van der Waals surface area contributed by atoms with Gasteiger partial charge < -0.3 is 10.1 Å². The molecule has 0 aliphatic carbocycles. The summed E-state index contributed by atoms with van der Waals surface area (Å²) in [4.78, 5) is 18.1. The molecule has 2 aromatic rings. The standard InChI is InChI=1S/C14H14BrN3O2S/c1-20-8-2-3-10(15)9(6-8)13(19)18-14-17-11-4-5-16-7-12(11)21-14/h2-3,6,16H,4-5,7H2,1H3,(H,17,18,19). The van der Waals surface area contributed by atoms with Gasteiger partial charge in [-0.25, -0.2) is 4.98 Å². The molecule has 1 aliphatic heterocycles. The lowest BCUT2D eigenvalue weighted by atomic mass is 10.2. The van der Waals surface area contributed by atoms with Crippen LogP contribution in [0.3, 0.4) is 0 Å². The zero-order chi connectivity index (χ0) is 14.8. The van der Waals surface area contributed by atoms with Crippen LogP contribution >= 0.6 is 27.3 Å². The zero-order valence-electron chi connectivity index (χ0n) is 11.4. The highest BCUT2D eigenvalue weighted by molar-refractivity contribution is 9.10. The summed E-state index contributed by atoms with van der Waals surface area (Å²) in [5.41, 5.74) is 1.61. The molecule has 3 rings (SSSR count). The fourth-order valence-corrected chi connectivity index (χ4v) is 3.55. The van der Waals surface area contributed by atoms with Crippen LogP contribution in [0.2, 0.25) is 0 Å². The van der Waals surface area contributed by atoms with Crippen LogP contribution in [0.4, 0.5) is 5.13 Å². The smallest absolute Gasteiger partial charge is 0.258 e. The predicted molar refractivity (Wildman–Crippen MR) is 86.2 cm³/mol. The predicted octanol–water partition coefficient (Wildman–Crippen LogP) is 2.81. The van der Waals surface area contributed by atoms with Gasteiger partial charge in [0.15, 0.2) is 5.13 Å². The van der Waals surface area contributed by atoms with Gasteiger partial charge in [-0.2, -0.15) is 0 Å². The van der Waals surface area contributed by atoms with Crippen molar-refractivity contribution >= 4 is 38.3 Å². The van der Waals surface area contributed by atoms with E-state index in [2.05, 4.69) is 31.5 Å². The molecule has 0 unspecified atom stereocenters. The van der Waals surface area contributed by atoms with Crippen molar-refractivity contribution in [3.05, 3.63) is 38.8 Å². The molecule has 0 atom stereocenters. The van der Waals surface area contributed by atoms with Gasteiger partial charge in [0.2, 0.25) is 0 Å². The number of anilines is 1. The topological polar surface area (TPSA) is 63.2 Å². The van der Waals surface area contributed by atoms with Crippen LogP contribution in [-0.4, -0.2) is 24.5 Å². The van der Waals surface area contributed by atoms with Crippen molar-refractivity contribution < 1.29 is 9.53 Å². The third-order valence-corrected chi connectivity index (χ3v) is 4.95. The zero-order valence-corrected chi connectivity index (χ0v) is 13.8. The van der Waals surface area contributed by atoms with E-state index in [-0.39, 0.29) is 5.91 Å². The molecule has 0 radical (unpaired) electrons. The number of benzene rings is 1. The Hall–Kier alpha value is -1.44. The number of fused-ring (bicyclic) bond motifs is 1. The minimum atomic E-state index is -0.195. The van der Waals surface area contributed by atoms with E-state index in [1.165, 1.54) is 16.2 Å². The molecular formula is C14H14BrN3O2S. The number of carbonyl (C=O) groups is 1. The molecule has 7 heteroatoms. The number of hydrogen-bond acceptors (Lipinski definition) is 5. The Morgan fingerprint density at radius 1 is 1.52 bits per heavy atom. The van der Waals surface area contributed by atoms with Gasteiger partial charge in [-0.15, -0.1) is 11.3 Å². The van der Waals surface area contributed by atoms with Crippen molar-refractivity contribution in [2.75, 3.05) is 19.0 Å². The first-order valence-corrected chi connectivity index (χ1v) is 8.12. The quantitative estimate of drug-likeness (QED) is 0.875. The number of carbonyl (C=O) groups excluding carboxylic acids is 1. The lowest BCUT2D eigenvalue weighted by molar-refractivity contribution is 0.102. The number of nitrogens with zero attached hydrogens (tertiary/aromatic N) is 1. The summed E-state index contributed by atoms with van der Waals surface area (Å²) in [5, 5.41) is 6.80. The molecule has 1 aliphatic rings. The molecule has 1 amide bonds. The summed E-state index contributed by atoms with van der Waals surface area (Å²) in [6.07, 6.45) is 0.907. The van der Waals surface area contributed by atoms with E-state index in [4.69, 9.17) is 4.74 Å². The lowest BCUT2D eigenvalue weighted by Crippen LogP contribution is -2.22. The second kappa shape index (κ2) is 6.13. The molecule has 21 heavy (non-hydrogen) atoms. The van der Waals surface area contributed by atoms with Crippen LogP contribution in [0.5, 0.6) is 5.75 Å². The molecule has 5 nitrogen and oxygen atoms in total. The van der Waals surface area contributed by atoms with E-state index in [0.717, 1.165) is 29.7 Å². The summed E-state index contributed by atoms with van der Waals surface area (Å²) in [6.45, 7) is 1.76. The normalized spacial score (nSPS) is 13.6. The Labute approximate surface area is 134 Å². The second-order valence-electron chi connectivity index (χ2n) is 4.62. The van der Waals surface area contributed by atoms with Gasteiger partial charge >= 0.3 is 0 Å². The molecule has 1 aromatic carbocycles. The van der Waals surface area contributed by atoms with Gasteiger partial charge in [0, 0.05) is 28.9 Å². The van der Waals surface area contributed by atoms with Crippen molar-refractivity contribution in [2.45, 2.75) is 13.0 Å². The highest BCUT2D eigenvalue weighted by atomic mass is 79.9. The maximum absolute atomic E-state index is 12.4. The number of thiazole rings is 1. The first-order valence-electron chi connectivity index (χ1n) is 6.51. The first kappa shape index (κ1) is 14.5. The van der Waals surface area contributed by atoms with E-state index in [1.54, 1.807) is 25.3 Å². The summed E-state index contributed by atoms with van der Waals surface area (Å²) in [7, 11) is 1.58. The van der Waals surface area contributed by atoms with Crippen LogP contribution in [0.25, 0.3) is 0 Å². The second-order valence-corrected chi connectivity index (χ2v) is 6.55. The molecule has 2 N–H and O–H groups in total. The van der Waals surface area contributed by atoms with E-state index < -0.39 is 0 Å². The average Bonchev–Trinajstić information content (AvgIpc) is 2.89. The van der Waals surface area contributed by atoms with E-state index in [9.17, 15) is 4.79 Å². The van der Waals surface area contributed by atoms with Gasteiger partial charge in [0.25, 0.3) is 5.91 Å². The maximum Gasteiger partial charge on any atom is 0.258 e. The van der Waals surface area contributed by atoms with Gasteiger partial charge in [-0.3, -0.25) is 10.1 Å². The van der Waals surface area contributed by atoms with Crippen LogP contribution < -0.4 is 15.4 Å². The summed E-state index contributed by atoms with van der Waals surface area (Å²) >= 11 is 4.91. The highest BCUT2D eigenvalue weighted by Crippen LogP contribution is 2.27. The van der Waals surface area contributed by atoms with Crippen LogP contribution in [-0.2, 0) is 13.0 Å². The Morgan fingerprint density at radius 3 is 3.14 bits per heavy atom. The number of rotatable bonds is 3. The molecule has 0 fully saturated rings. The molecule has 0 saturated carbocycles. The van der Waals surface area contributed by atoms with Crippen molar-refractivity contribution in [3.63, 3.8) is 0 Å². The summed E-state index contributed by atoms with van der Waals surface area (Å²) < 4.78 is 5.88. The number of amides is 1. The highest BCUT2D eigenvalue weighted by Gasteiger charge is 2.18. The van der Waals surface area contributed by atoms with E-state index in [1.807, 2.05) is 0 Å². The van der Waals surface area contributed by atoms with Crippen molar-refractivity contribution in [2.24, 2.45) is 0 Å². The van der Waals surface area contributed by atoms with Gasteiger partial charge in [-0.1, -0.05) is 0 Å². The molecule has 0 saturated heterocycles. The minimum Gasteiger partial charge on any atom is -0.497 e. The van der Waals surface area contributed by atoms with Crippen LogP contribution in [0.1, 0.15) is 20.9 Å². The first-order chi connectivity index (χ1) is 10.2. The average molecular weight is 368 g/mol. The fourth-order valence-electron chi connectivity index (χ4n) is 2.15. The van der Waals surface area contributed by atoms with Gasteiger partial charge in [-0.05, 0) is 34.1 Å². The number of ether oxygens (including phenoxy) is 1. The molecular weight excluding hydrogens is 354 g/mol. The number of nitrogens with one attached hydrogen (secondary N) is 2. The molecule has 0 spiro atoms. The third kappa shape index (κ3) is 3.09. The lowest BCUT2D eigenvalue weighted by Gasteiger charge is -2.09. The monoisotopic (exact) mass is 367 g/mol. The Kier molecular flexibility index (Phi) is 4.23. The van der Waals surface area contributed by atoms with E-state index >= 15 is 0 Å². The van der Waals surface area contributed by atoms with Crippen molar-refractivity contribution in [1.29, 1.82) is 0 Å². The largest absolute Gasteiger partial charge is 0.497 e. The number of hydrogen-bond donors (Lipinski definition) is 2.